The van der Waals surface area contributed by atoms with Crippen LogP contribution in [-0.2, 0) is 0 Å². The lowest BCUT2D eigenvalue weighted by Crippen LogP contribution is -1.99. The molecular formula is C18H19N5O2. The van der Waals surface area contributed by atoms with Crippen LogP contribution < -0.4 is 5.73 Å². The summed E-state index contributed by atoms with van der Waals surface area (Å²) in [4.78, 5) is 8.57. The molecule has 3 N–H and O–H groups in total. The summed E-state index contributed by atoms with van der Waals surface area (Å²) in [6.45, 7) is 0. The topological polar surface area (TPSA) is 111 Å². The summed E-state index contributed by atoms with van der Waals surface area (Å²) in [5.41, 5.74) is 7.99. The predicted octanol–water partition coefficient (Wildman–Crippen LogP) is 3.89. The first-order valence-corrected chi connectivity index (χ1v) is 7.52. The number of aromatic nitrogens is 4. The second kappa shape index (κ2) is 6.04. The molecule has 7 heteroatoms. The Labute approximate surface area is 147 Å². The van der Waals surface area contributed by atoms with Crippen molar-refractivity contribution in [3.05, 3.63) is 60.8 Å². The van der Waals surface area contributed by atoms with Crippen molar-refractivity contribution >= 4 is 5.82 Å². The molecule has 25 heavy (non-hydrogen) atoms. The fourth-order valence-corrected chi connectivity index (χ4v) is 2.39. The Hall–Kier alpha value is -3.74. The van der Waals surface area contributed by atoms with Crippen molar-refractivity contribution in [2.45, 2.75) is 0 Å². The number of anilines is 1. The number of phenols is 1. The van der Waals surface area contributed by atoms with E-state index in [-0.39, 0.29) is 27.4 Å². The van der Waals surface area contributed by atoms with Gasteiger partial charge in [0, 0.05) is 15.4 Å². The number of hydrogen-bond acceptors (Lipinski definition) is 7. The molecule has 0 radical (unpaired) electrons. The van der Waals surface area contributed by atoms with E-state index < -0.39 is 0 Å². The molecule has 0 fully saturated rings. The molecule has 0 saturated heterocycles. The number of nitrogens with zero attached hydrogens (tertiary/aromatic N) is 4. The van der Waals surface area contributed by atoms with E-state index >= 15 is 0 Å². The standard InChI is InChI=1S/C18H13N5O2.3H2/c19-16-15(18-23-22-17(25-18)11-6-2-1-3-7-11)21-13(10-20-16)12-8-4-5-9-14(12)24;;;/h1-10,24H,(H2,19,20);3*1H. The van der Waals surface area contributed by atoms with Gasteiger partial charge in [-0.3, -0.25) is 0 Å². The summed E-state index contributed by atoms with van der Waals surface area (Å²) in [6.07, 6.45) is 1.49. The third-order valence-corrected chi connectivity index (χ3v) is 3.63. The summed E-state index contributed by atoms with van der Waals surface area (Å²) < 4.78 is 5.69. The van der Waals surface area contributed by atoms with Gasteiger partial charge >= 0.3 is 0 Å². The van der Waals surface area contributed by atoms with Crippen LogP contribution >= 0.6 is 0 Å². The van der Waals surface area contributed by atoms with Crippen molar-refractivity contribution in [2.24, 2.45) is 0 Å². The SMILES string of the molecule is Nc1ncc(-c2ccccc2O)nc1-c1nnc(-c2ccccc2)o1.[HH].[HH].[HH]. The van der Waals surface area contributed by atoms with Gasteiger partial charge in [0.25, 0.3) is 5.89 Å². The Morgan fingerprint density at radius 1 is 0.920 bits per heavy atom. The van der Waals surface area contributed by atoms with E-state index in [1.54, 1.807) is 24.3 Å². The van der Waals surface area contributed by atoms with Gasteiger partial charge in [0.05, 0.1) is 11.9 Å². The average Bonchev–Trinajstić information content (AvgIpc) is 3.13. The first-order chi connectivity index (χ1) is 12.2. The van der Waals surface area contributed by atoms with Crippen LogP contribution in [0.1, 0.15) is 4.28 Å². The third-order valence-electron chi connectivity index (χ3n) is 3.63. The fourth-order valence-electron chi connectivity index (χ4n) is 2.39. The molecule has 4 aromatic rings. The molecule has 0 atom stereocenters. The first kappa shape index (κ1) is 14.8. The van der Waals surface area contributed by atoms with E-state index in [0.717, 1.165) is 5.56 Å². The number of nitrogen functional groups attached to an aromatic ring is 1. The number of phenolic OH excluding ortho intramolecular Hbond substituents is 1. The van der Waals surface area contributed by atoms with E-state index in [9.17, 15) is 5.11 Å². The number of para-hydroxylation sites is 1. The molecule has 2 heterocycles. The smallest absolute Gasteiger partial charge is 0.270 e. The van der Waals surface area contributed by atoms with Gasteiger partial charge in [0.2, 0.25) is 5.89 Å². The maximum Gasteiger partial charge on any atom is 0.270 e. The van der Waals surface area contributed by atoms with Crippen LogP contribution in [0.15, 0.2) is 65.2 Å². The van der Waals surface area contributed by atoms with Gasteiger partial charge in [-0.1, -0.05) is 30.3 Å². The van der Waals surface area contributed by atoms with Gasteiger partial charge in [-0.2, -0.15) is 0 Å². The summed E-state index contributed by atoms with van der Waals surface area (Å²) in [5.74, 6) is 0.802. The lowest BCUT2D eigenvalue weighted by molar-refractivity contribution is 0.477. The first-order valence-electron chi connectivity index (χ1n) is 7.52. The molecule has 128 valence electrons. The lowest BCUT2D eigenvalue weighted by atomic mass is 10.1. The van der Waals surface area contributed by atoms with Gasteiger partial charge in [-0.05, 0) is 24.3 Å². The number of aromatic hydroxyl groups is 1. The summed E-state index contributed by atoms with van der Waals surface area (Å²) >= 11 is 0. The number of nitrogens with two attached hydrogens (primary N) is 1. The highest BCUT2D eigenvalue weighted by atomic mass is 16.4. The Morgan fingerprint density at radius 2 is 1.64 bits per heavy atom. The maximum absolute atomic E-state index is 10.00. The van der Waals surface area contributed by atoms with Crippen LogP contribution in [0.4, 0.5) is 5.82 Å². The van der Waals surface area contributed by atoms with Crippen LogP contribution in [0.3, 0.4) is 0 Å². The average molecular weight is 337 g/mol. The molecule has 0 aliphatic carbocycles. The number of hydrogen-bond donors (Lipinski definition) is 2. The van der Waals surface area contributed by atoms with Crippen molar-refractivity contribution in [1.82, 2.24) is 20.2 Å². The Morgan fingerprint density at radius 3 is 2.44 bits per heavy atom. The zero-order valence-corrected chi connectivity index (χ0v) is 13.0. The normalized spacial score (nSPS) is 10.7. The lowest BCUT2D eigenvalue weighted by Gasteiger charge is -2.06. The van der Waals surface area contributed by atoms with Crippen LogP contribution in [0, 0.1) is 0 Å². The molecule has 2 aromatic heterocycles. The molecule has 0 aliphatic heterocycles. The van der Waals surface area contributed by atoms with E-state index in [4.69, 9.17) is 10.2 Å². The molecule has 4 rings (SSSR count). The van der Waals surface area contributed by atoms with E-state index in [0.29, 0.717) is 17.1 Å². The van der Waals surface area contributed by atoms with Gasteiger partial charge in [0.15, 0.2) is 11.5 Å². The van der Waals surface area contributed by atoms with Crippen LogP contribution in [0.5, 0.6) is 5.75 Å². The molecule has 0 spiro atoms. The fraction of sp³-hybridized carbons (Fsp3) is 0. The van der Waals surface area contributed by atoms with Crippen LogP contribution in [-0.4, -0.2) is 25.3 Å². The molecular weight excluding hydrogens is 318 g/mol. The van der Waals surface area contributed by atoms with Crippen molar-refractivity contribution in [3.63, 3.8) is 0 Å². The Bertz CT molecular complexity index is 1040. The van der Waals surface area contributed by atoms with E-state index in [2.05, 4.69) is 20.2 Å². The molecule has 0 aliphatic rings. The second-order valence-electron chi connectivity index (χ2n) is 5.28. The molecule has 0 saturated carbocycles. The minimum Gasteiger partial charge on any atom is -0.507 e. The van der Waals surface area contributed by atoms with E-state index in [1.165, 1.54) is 6.20 Å². The third kappa shape index (κ3) is 2.78. The highest BCUT2D eigenvalue weighted by Gasteiger charge is 2.17. The Balaban J connectivity index is 0.00000131. The molecule has 2 aromatic carbocycles. The van der Waals surface area contributed by atoms with Gasteiger partial charge in [0.1, 0.15) is 5.75 Å². The molecule has 0 unspecified atom stereocenters. The Kier molecular flexibility index (Phi) is 3.59. The zero-order valence-electron chi connectivity index (χ0n) is 13.0. The second-order valence-corrected chi connectivity index (χ2v) is 5.28. The van der Waals surface area contributed by atoms with Crippen LogP contribution in [0.2, 0.25) is 0 Å². The van der Waals surface area contributed by atoms with Gasteiger partial charge < -0.3 is 15.3 Å². The van der Waals surface area contributed by atoms with E-state index in [1.807, 2.05) is 30.3 Å². The maximum atomic E-state index is 10.00. The minimum absolute atomic E-state index is 0. The summed E-state index contributed by atoms with van der Waals surface area (Å²) in [6, 6.07) is 16.2. The quantitative estimate of drug-likeness (QED) is 0.583. The summed E-state index contributed by atoms with van der Waals surface area (Å²) in [5, 5.41) is 18.1. The number of benzene rings is 2. The largest absolute Gasteiger partial charge is 0.507 e. The zero-order chi connectivity index (χ0) is 17.2. The monoisotopic (exact) mass is 337 g/mol. The highest BCUT2D eigenvalue weighted by Crippen LogP contribution is 2.31. The van der Waals surface area contributed by atoms with Crippen molar-refractivity contribution in [1.29, 1.82) is 0 Å². The predicted molar refractivity (Wildman–Crippen MR) is 98.6 cm³/mol. The van der Waals surface area contributed by atoms with Gasteiger partial charge in [-0.25, -0.2) is 9.97 Å². The molecule has 0 bridgehead atoms. The van der Waals surface area contributed by atoms with Crippen molar-refractivity contribution in [3.8, 4) is 40.0 Å². The van der Waals surface area contributed by atoms with Crippen molar-refractivity contribution in [2.75, 3.05) is 5.73 Å². The molecule has 7 nitrogen and oxygen atoms in total. The summed E-state index contributed by atoms with van der Waals surface area (Å²) in [7, 11) is 0. The van der Waals surface area contributed by atoms with Crippen molar-refractivity contribution < 1.29 is 13.8 Å². The minimum atomic E-state index is 0. The number of rotatable bonds is 3. The highest BCUT2D eigenvalue weighted by molar-refractivity contribution is 5.71. The van der Waals surface area contributed by atoms with Crippen LogP contribution in [0.25, 0.3) is 34.3 Å². The molecule has 0 amide bonds. The van der Waals surface area contributed by atoms with Gasteiger partial charge in [-0.15, -0.1) is 10.2 Å².